The molecule has 0 spiro atoms. The Morgan fingerprint density at radius 3 is 2.47 bits per heavy atom. The molecule has 1 amide bonds. The molecule has 7 nitrogen and oxygen atoms in total. The smallest absolute Gasteiger partial charge is 0.263 e. The highest BCUT2D eigenvalue weighted by atomic mass is 35.5. The number of thiazole rings is 1. The van der Waals surface area contributed by atoms with Gasteiger partial charge in [-0.1, -0.05) is 23.7 Å². The first-order valence-corrected chi connectivity index (χ1v) is 11.2. The van der Waals surface area contributed by atoms with Crippen LogP contribution in [0.4, 0.5) is 5.82 Å². The first-order valence-electron chi connectivity index (χ1n) is 9.95. The summed E-state index contributed by atoms with van der Waals surface area (Å²) in [6.07, 6.45) is 1.60. The second-order valence-corrected chi connectivity index (χ2v) is 8.06. The monoisotopic (exact) mass is 468 g/mol. The number of carbonyl (C=O) groups excluding carboxylic acids is 1. The van der Waals surface area contributed by atoms with E-state index in [1.54, 1.807) is 35.0 Å². The number of ether oxygens (including phenoxy) is 2. The van der Waals surface area contributed by atoms with E-state index >= 15 is 0 Å². The van der Waals surface area contributed by atoms with Gasteiger partial charge < -0.3 is 14.8 Å². The van der Waals surface area contributed by atoms with Gasteiger partial charge in [0.05, 0.1) is 18.5 Å². The molecule has 0 unspecified atom stereocenters. The molecule has 0 saturated heterocycles. The van der Waals surface area contributed by atoms with Crippen molar-refractivity contribution >= 4 is 34.7 Å². The fourth-order valence-corrected chi connectivity index (χ4v) is 4.04. The highest BCUT2D eigenvalue weighted by molar-refractivity contribution is 7.12. The molecule has 9 heteroatoms. The zero-order valence-corrected chi connectivity index (χ0v) is 19.1. The molecule has 4 aromatic rings. The Balaban J connectivity index is 1.43. The molecular weight excluding hydrogens is 448 g/mol. The number of nitrogens with zero attached hydrogens (tertiary/aromatic N) is 3. The first-order chi connectivity index (χ1) is 15.5. The molecule has 0 bridgehead atoms. The van der Waals surface area contributed by atoms with Gasteiger partial charge in [-0.15, -0.1) is 11.3 Å². The second kappa shape index (κ2) is 9.84. The van der Waals surface area contributed by atoms with Gasteiger partial charge in [-0.05, 0) is 50.2 Å². The van der Waals surface area contributed by atoms with Gasteiger partial charge in [-0.2, -0.15) is 0 Å². The zero-order chi connectivity index (χ0) is 22.5. The summed E-state index contributed by atoms with van der Waals surface area (Å²) < 4.78 is 12.8. The fraction of sp³-hybridized carbons (Fsp3) is 0.174. The van der Waals surface area contributed by atoms with E-state index in [2.05, 4.69) is 10.3 Å². The number of hydrogen-bond donors (Lipinski definition) is 1. The Kier molecular flexibility index (Phi) is 6.72. The number of imidazole rings is 1. The predicted octanol–water partition coefficient (Wildman–Crippen LogP) is 5.37. The van der Waals surface area contributed by atoms with Crippen molar-refractivity contribution in [2.75, 3.05) is 18.5 Å². The number of aromatic nitrogens is 3. The van der Waals surface area contributed by atoms with E-state index in [4.69, 9.17) is 26.1 Å². The van der Waals surface area contributed by atoms with Crippen molar-refractivity contribution in [3.05, 3.63) is 71.0 Å². The predicted molar refractivity (Wildman–Crippen MR) is 126 cm³/mol. The molecule has 0 aliphatic carbocycles. The summed E-state index contributed by atoms with van der Waals surface area (Å²) in [5.41, 5.74) is 1.79. The standard InChI is InChI=1S/C23H21ClN4O3S/c1-3-30-18-8-10-19(11-9-18)31-13-22(29)27-21-12-25-15(2)28(21)23-26-20(14-32-23)16-4-6-17(24)7-5-16/h4-12,14H,3,13H2,1-2H3,(H,27,29). The number of benzene rings is 2. The average molecular weight is 469 g/mol. The van der Waals surface area contributed by atoms with Gasteiger partial charge in [-0.25, -0.2) is 9.97 Å². The fourth-order valence-electron chi connectivity index (χ4n) is 3.02. The van der Waals surface area contributed by atoms with Crippen LogP contribution >= 0.6 is 22.9 Å². The third kappa shape index (κ3) is 5.09. The van der Waals surface area contributed by atoms with E-state index < -0.39 is 0 Å². The summed E-state index contributed by atoms with van der Waals surface area (Å²) in [5.74, 6) is 2.28. The molecule has 32 heavy (non-hydrogen) atoms. The number of aryl methyl sites for hydroxylation is 1. The Morgan fingerprint density at radius 2 is 1.78 bits per heavy atom. The quantitative estimate of drug-likeness (QED) is 0.376. The van der Waals surface area contributed by atoms with Crippen molar-refractivity contribution in [2.24, 2.45) is 0 Å². The van der Waals surface area contributed by atoms with E-state index in [9.17, 15) is 4.79 Å². The maximum absolute atomic E-state index is 12.5. The Morgan fingerprint density at radius 1 is 1.09 bits per heavy atom. The number of rotatable bonds is 8. The minimum Gasteiger partial charge on any atom is -0.494 e. The Hall–Kier alpha value is -3.36. The molecule has 2 aromatic heterocycles. The van der Waals surface area contributed by atoms with Crippen LogP contribution < -0.4 is 14.8 Å². The number of amides is 1. The summed E-state index contributed by atoms with van der Waals surface area (Å²) in [4.78, 5) is 21.5. The van der Waals surface area contributed by atoms with Crippen molar-refractivity contribution < 1.29 is 14.3 Å². The van der Waals surface area contributed by atoms with Crippen LogP contribution in [0, 0.1) is 6.92 Å². The highest BCUT2D eigenvalue weighted by Crippen LogP contribution is 2.28. The number of anilines is 1. The molecule has 164 valence electrons. The van der Waals surface area contributed by atoms with Crippen molar-refractivity contribution in [1.29, 1.82) is 0 Å². The minimum absolute atomic E-state index is 0.133. The first kappa shape index (κ1) is 21.9. The molecule has 0 radical (unpaired) electrons. The van der Waals surface area contributed by atoms with E-state index in [0.29, 0.717) is 34.2 Å². The Bertz CT molecular complexity index is 1200. The summed E-state index contributed by atoms with van der Waals surface area (Å²) in [7, 11) is 0. The molecule has 0 saturated carbocycles. The largest absolute Gasteiger partial charge is 0.494 e. The van der Waals surface area contributed by atoms with Gasteiger partial charge in [0.25, 0.3) is 5.91 Å². The zero-order valence-electron chi connectivity index (χ0n) is 17.5. The van der Waals surface area contributed by atoms with Crippen molar-refractivity contribution in [1.82, 2.24) is 14.5 Å². The van der Waals surface area contributed by atoms with E-state index in [1.807, 2.05) is 43.5 Å². The van der Waals surface area contributed by atoms with Gasteiger partial charge in [-0.3, -0.25) is 9.36 Å². The van der Waals surface area contributed by atoms with E-state index in [1.165, 1.54) is 11.3 Å². The summed E-state index contributed by atoms with van der Waals surface area (Å²) in [5, 5.41) is 6.18. The maximum atomic E-state index is 12.5. The third-order valence-electron chi connectivity index (χ3n) is 4.53. The van der Waals surface area contributed by atoms with Gasteiger partial charge in [0.2, 0.25) is 0 Å². The molecule has 2 heterocycles. The lowest BCUT2D eigenvalue weighted by Crippen LogP contribution is -2.21. The number of halogens is 1. The van der Waals surface area contributed by atoms with E-state index in [0.717, 1.165) is 17.0 Å². The maximum Gasteiger partial charge on any atom is 0.263 e. The lowest BCUT2D eigenvalue weighted by atomic mass is 10.2. The van der Waals surface area contributed by atoms with Gasteiger partial charge in [0.15, 0.2) is 11.7 Å². The molecule has 2 aromatic carbocycles. The van der Waals surface area contributed by atoms with Crippen molar-refractivity contribution in [3.63, 3.8) is 0 Å². The van der Waals surface area contributed by atoms with Gasteiger partial charge >= 0.3 is 0 Å². The number of nitrogens with one attached hydrogen (secondary N) is 1. The lowest BCUT2D eigenvalue weighted by Gasteiger charge is -2.10. The summed E-state index contributed by atoms with van der Waals surface area (Å²) in [6, 6.07) is 14.6. The second-order valence-electron chi connectivity index (χ2n) is 6.79. The molecule has 1 N–H and O–H groups in total. The molecule has 0 aliphatic rings. The van der Waals surface area contributed by atoms with Crippen molar-refractivity contribution in [3.8, 4) is 27.9 Å². The summed E-state index contributed by atoms with van der Waals surface area (Å²) in [6.45, 7) is 4.24. The van der Waals surface area contributed by atoms with Crippen LogP contribution in [0.5, 0.6) is 11.5 Å². The minimum atomic E-state index is -0.297. The van der Waals surface area contributed by atoms with Crippen LogP contribution in [0.2, 0.25) is 5.02 Å². The topological polar surface area (TPSA) is 78.3 Å². The number of hydrogen-bond acceptors (Lipinski definition) is 6. The van der Waals surface area contributed by atoms with Crippen LogP contribution in [-0.2, 0) is 4.79 Å². The lowest BCUT2D eigenvalue weighted by molar-refractivity contribution is -0.118. The molecule has 0 atom stereocenters. The summed E-state index contributed by atoms with van der Waals surface area (Å²) >= 11 is 7.44. The SMILES string of the molecule is CCOc1ccc(OCC(=O)Nc2cnc(C)n2-c2nc(-c3ccc(Cl)cc3)cs2)cc1. The van der Waals surface area contributed by atoms with Gasteiger partial charge in [0, 0.05) is 16.0 Å². The van der Waals surface area contributed by atoms with Crippen LogP contribution in [-0.4, -0.2) is 33.7 Å². The van der Waals surface area contributed by atoms with Crippen LogP contribution in [0.25, 0.3) is 16.4 Å². The number of carbonyl (C=O) groups is 1. The molecule has 0 aliphatic heterocycles. The normalized spacial score (nSPS) is 10.7. The van der Waals surface area contributed by atoms with Crippen LogP contribution in [0.1, 0.15) is 12.7 Å². The highest BCUT2D eigenvalue weighted by Gasteiger charge is 2.15. The third-order valence-corrected chi connectivity index (χ3v) is 5.61. The Labute approximate surface area is 194 Å². The molecular formula is C23H21ClN4O3S. The van der Waals surface area contributed by atoms with Crippen molar-refractivity contribution in [2.45, 2.75) is 13.8 Å². The van der Waals surface area contributed by atoms with E-state index in [-0.39, 0.29) is 12.5 Å². The van der Waals surface area contributed by atoms with Gasteiger partial charge in [0.1, 0.15) is 23.1 Å². The van der Waals surface area contributed by atoms with Crippen LogP contribution in [0.3, 0.4) is 0 Å². The molecule has 4 rings (SSSR count). The van der Waals surface area contributed by atoms with Crippen LogP contribution in [0.15, 0.2) is 60.1 Å². The average Bonchev–Trinajstić information content (AvgIpc) is 3.40. The molecule has 0 fully saturated rings.